The second kappa shape index (κ2) is 5.95. The molecule has 0 atom stereocenters. The molecule has 5 rings (SSSR count). The van der Waals surface area contributed by atoms with E-state index in [1.54, 1.807) is 11.1 Å². The van der Waals surface area contributed by atoms with Crippen LogP contribution in [0.15, 0.2) is 40.1 Å². The first-order valence-electron chi connectivity index (χ1n) is 10.7. The fourth-order valence-electron chi connectivity index (χ4n) is 5.22. The van der Waals surface area contributed by atoms with Crippen LogP contribution in [-0.4, -0.2) is 13.2 Å². The lowest BCUT2D eigenvalue weighted by Crippen LogP contribution is -2.35. The van der Waals surface area contributed by atoms with Crippen LogP contribution in [0, 0.1) is 5.92 Å². The Morgan fingerprint density at radius 2 is 1.61 bits per heavy atom. The van der Waals surface area contributed by atoms with Crippen molar-refractivity contribution in [1.82, 2.24) is 0 Å². The molecule has 0 saturated heterocycles. The smallest absolute Gasteiger partial charge is 0.0954 e. The van der Waals surface area contributed by atoms with Gasteiger partial charge in [-0.05, 0) is 65.0 Å². The highest BCUT2D eigenvalue weighted by Gasteiger charge is 2.41. The third-order valence-electron chi connectivity index (χ3n) is 6.93. The van der Waals surface area contributed by atoms with Crippen LogP contribution < -0.4 is 9.80 Å². The third kappa shape index (κ3) is 2.62. The summed E-state index contributed by atoms with van der Waals surface area (Å²) in [4.78, 5) is 7.98. The first kappa shape index (κ1) is 18.4. The van der Waals surface area contributed by atoms with Crippen molar-refractivity contribution in [3.63, 3.8) is 0 Å². The minimum atomic E-state index is 0.252. The van der Waals surface area contributed by atoms with Crippen LogP contribution in [0.2, 0.25) is 0 Å². The molecule has 0 radical (unpaired) electrons. The van der Waals surface area contributed by atoms with Gasteiger partial charge in [0.1, 0.15) is 0 Å². The highest BCUT2D eigenvalue weighted by Crippen LogP contribution is 2.57. The largest absolute Gasteiger partial charge is 0.351 e. The molecule has 0 spiro atoms. The molecule has 0 aromatic heterocycles. The van der Waals surface area contributed by atoms with Crippen LogP contribution in [0.3, 0.4) is 0 Å². The standard InChI is InChI=1S/C25H32N2S/c1-16(2)14-26-15-27-20-12-17-18(25(5,6)11-10-24(17,3)4)13-22(20)28-21-9-7-8-19(26)23(21)27/h7-9,12-13,16H,10-11,14-15H2,1-6H3. The number of hydrogen-bond donors (Lipinski definition) is 0. The van der Waals surface area contributed by atoms with E-state index in [9.17, 15) is 0 Å². The van der Waals surface area contributed by atoms with Gasteiger partial charge in [0.05, 0.1) is 23.7 Å². The highest BCUT2D eigenvalue weighted by atomic mass is 32.2. The van der Waals surface area contributed by atoms with Crippen molar-refractivity contribution in [3.05, 3.63) is 41.5 Å². The average Bonchev–Trinajstić information content (AvgIpc) is 2.98. The van der Waals surface area contributed by atoms with Crippen molar-refractivity contribution in [2.45, 2.75) is 75.0 Å². The maximum absolute atomic E-state index is 2.58. The van der Waals surface area contributed by atoms with Crippen LogP contribution in [0.5, 0.6) is 0 Å². The molecule has 2 aromatic rings. The summed E-state index contributed by atoms with van der Waals surface area (Å²) in [6.07, 6.45) is 2.53. The Bertz CT molecular complexity index is 957. The molecule has 2 aliphatic heterocycles. The Morgan fingerprint density at radius 3 is 2.29 bits per heavy atom. The van der Waals surface area contributed by atoms with Crippen molar-refractivity contribution in [2.24, 2.45) is 5.92 Å². The molecule has 3 aliphatic rings. The minimum absolute atomic E-state index is 0.252. The van der Waals surface area contributed by atoms with E-state index in [2.05, 4.69) is 81.7 Å². The molecule has 28 heavy (non-hydrogen) atoms. The van der Waals surface area contributed by atoms with E-state index >= 15 is 0 Å². The van der Waals surface area contributed by atoms with Crippen molar-refractivity contribution >= 4 is 28.8 Å². The maximum atomic E-state index is 2.58. The molecule has 0 saturated carbocycles. The summed E-state index contributed by atoms with van der Waals surface area (Å²) in [5.41, 5.74) is 7.88. The summed E-state index contributed by atoms with van der Waals surface area (Å²) in [5.74, 6) is 0.660. The van der Waals surface area contributed by atoms with Gasteiger partial charge in [-0.25, -0.2) is 0 Å². The average molecular weight is 393 g/mol. The molecule has 2 nitrogen and oxygen atoms in total. The van der Waals surface area contributed by atoms with Gasteiger partial charge in [-0.2, -0.15) is 0 Å². The van der Waals surface area contributed by atoms with Gasteiger partial charge in [-0.15, -0.1) is 0 Å². The van der Waals surface area contributed by atoms with Gasteiger partial charge in [0.15, 0.2) is 0 Å². The third-order valence-corrected chi connectivity index (χ3v) is 8.03. The van der Waals surface area contributed by atoms with Crippen molar-refractivity contribution in [2.75, 3.05) is 23.0 Å². The molecule has 0 bridgehead atoms. The van der Waals surface area contributed by atoms with Crippen LogP contribution >= 0.6 is 11.8 Å². The minimum Gasteiger partial charge on any atom is -0.351 e. The molecule has 0 unspecified atom stereocenters. The SMILES string of the molecule is CC(C)CN1CN2c3cc4c(cc3Sc3cccc1c32)C(C)(C)CCC4(C)C. The van der Waals surface area contributed by atoms with Gasteiger partial charge < -0.3 is 9.80 Å². The van der Waals surface area contributed by atoms with Gasteiger partial charge >= 0.3 is 0 Å². The normalized spacial score (nSPS) is 20.8. The quantitative estimate of drug-likeness (QED) is 0.539. The Balaban J connectivity index is 1.68. The lowest BCUT2D eigenvalue weighted by atomic mass is 9.63. The summed E-state index contributed by atoms with van der Waals surface area (Å²) in [5, 5.41) is 0. The first-order valence-corrected chi connectivity index (χ1v) is 11.5. The Hall–Kier alpha value is -1.61. The molecule has 3 heteroatoms. The molecule has 2 heterocycles. The lowest BCUT2D eigenvalue weighted by Gasteiger charge is -2.43. The molecule has 0 amide bonds. The second-order valence-electron chi connectivity index (χ2n) is 10.5. The van der Waals surface area contributed by atoms with E-state index in [0.29, 0.717) is 5.92 Å². The van der Waals surface area contributed by atoms with Gasteiger partial charge in [-0.3, -0.25) is 0 Å². The summed E-state index contributed by atoms with van der Waals surface area (Å²) in [6.45, 7) is 16.4. The number of hydrogen-bond acceptors (Lipinski definition) is 3. The van der Waals surface area contributed by atoms with Gasteiger partial charge in [-0.1, -0.05) is 59.4 Å². The summed E-state index contributed by atoms with van der Waals surface area (Å²) >= 11 is 1.97. The predicted octanol–water partition coefficient (Wildman–Crippen LogP) is 7.07. The molecule has 0 fully saturated rings. The Morgan fingerprint density at radius 1 is 0.929 bits per heavy atom. The van der Waals surface area contributed by atoms with Crippen molar-refractivity contribution < 1.29 is 0 Å². The zero-order valence-corrected chi connectivity index (χ0v) is 18.9. The summed E-state index contributed by atoms with van der Waals surface area (Å²) in [6, 6.07) is 11.9. The summed E-state index contributed by atoms with van der Waals surface area (Å²) < 4.78 is 0. The van der Waals surface area contributed by atoms with Crippen molar-refractivity contribution in [1.29, 1.82) is 0 Å². The zero-order valence-electron chi connectivity index (χ0n) is 18.1. The topological polar surface area (TPSA) is 6.48 Å². The molecule has 2 aromatic carbocycles. The molecular weight excluding hydrogens is 360 g/mol. The predicted molar refractivity (Wildman–Crippen MR) is 121 cm³/mol. The zero-order chi connectivity index (χ0) is 19.8. The number of rotatable bonds is 2. The maximum Gasteiger partial charge on any atom is 0.0954 e. The van der Waals surface area contributed by atoms with Crippen LogP contribution in [0.4, 0.5) is 17.1 Å². The molecule has 148 valence electrons. The van der Waals surface area contributed by atoms with Crippen LogP contribution in [0.25, 0.3) is 0 Å². The molecular formula is C25H32N2S. The van der Waals surface area contributed by atoms with E-state index < -0.39 is 0 Å². The Kier molecular flexibility index (Phi) is 3.91. The molecule has 0 N–H and O–H groups in total. The second-order valence-corrected chi connectivity index (χ2v) is 11.6. The number of anilines is 3. The van der Waals surface area contributed by atoms with E-state index in [0.717, 1.165) is 13.2 Å². The van der Waals surface area contributed by atoms with E-state index in [-0.39, 0.29) is 10.8 Å². The van der Waals surface area contributed by atoms with E-state index in [1.807, 2.05) is 11.8 Å². The van der Waals surface area contributed by atoms with Crippen molar-refractivity contribution in [3.8, 4) is 0 Å². The number of fused-ring (bicyclic) bond motifs is 3. The van der Waals surface area contributed by atoms with Gasteiger partial charge in [0.25, 0.3) is 0 Å². The lowest BCUT2D eigenvalue weighted by molar-refractivity contribution is 0.331. The fourth-order valence-corrected chi connectivity index (χ4v) is 6.37. The van der Waals surface area contributed by atoms with Gasteiger partial charge in [0.2, 0.25) is 0 Å². The highest BCUT2D eigenvalue weighted by molar-refractivity contribution is 7.99. The molecule has 1 aliphatic carbocycles. The van der Waals surface area contributed by atoms with Crippen LogP contribution in [-0.2, 0) is 10.8 Å². The van der Waals surface area contributed by atoms with Gasteiger partial charge in [0, 0.05) is 16.3 Å². The van der Waals surface area contributed by atoms with E-state index in [1.165, 1.54) is 39.7 Å². The van der Waals surface area contributed by atoms with Crippen LogP contribution in [0.1, 0.15) is 65.5 Å². The summed E-state index contributed by atoms with van der Waals surface area (Å²) in [7, 11) is 0. The fraction of sp³-hybridized carbons (Fsp3) is 0.520. The van der Waals surface area contributed by atoms with E-state index in [4.69, 9.17) is 0 Å². The monoisotopic (exact) mass is 392 g/mol. The number of benzene rings is 2. The Labute approximate surface area is 174 Å². The first-order chi connectivity index (χ1) is 13.2. The number of para-hydroxylation sites is 1. The number of nitrogens with zero attached hydrogens (tertiary/aromatic N) is 2.